The number of nitrogens with two attached hydrogens (primary N) is 1. The second kappa shape index (κ2) is 13.9. The average molecular weight is 617 g/mol. The number of aromatic nitrogens is 4. The van der Waals surface area contributed by atoms with Gasteiger partial charge < -0.3 is 44.9 Å². The first kappa shape index (κ1) is 29.1. The quantitative estimate of drug-likeness (QED) is 0.167. The number of unbranched alkanes of at least 4 members (excludes halogenated alkanes) is 5. The standard InChI is InChI=1S/C24H34BrN5O7S/c25-14-9-15(38-12-14)11-36-22-17-21(28-24(26)29-22)30(13-27-17)7-5-3-1-2-4-6-8-35-23-20(34)19(33)18(32)16(10-31)37-23/h9,12-13,16,18-20,23,31-34H,1-8,10-11H2,(H2,26,28,29)/t16-,18-,19+,20-,23-/m0/s1. The van der Waals surface area contributed by atoms with E-state index in [1.807, 2.05) is 16.0 Å². The first-order valence-electron chi connectivity index (χ1n) is 12.6. The van der Waals surface area contributed by atoms with Gasteiger partial charge in [-0.2, -0.15) is 9.97 Å². The Kier molecular flexibility index (Phi) is 10.7. The van der Waals surface area contributed by atoms with Crippen molar-refractivity contribution >= 4 is 44.4 Å². The van der Waals surface area contributed by atoms with Crippen LogP contribution in [0.25, 0.3) is 11.2 Å². The Balaban J connectivity index is 1.14. The zero-order valence-electron chi connectivity index (χ0n) is 20.9. The van der Waals surface area contributed by atoms with E-state index in [4.69, 9.17) is 19.9 Å². The number of ether oxygens (including phenoxy) is 3. The van der Waals surface area contributed by atoms with Gasteiger partial charge >= 0.3 is 0 Å². The maximum absolute atomic E-state index is 10.00. The summed E-state index contributed by atoms with van der Waals surface area (Å²) in [6.45, 7) is 1.01. The minimum Gasteiger partial charge on any atom is -0.470 e. The van der Waals surface area contributed by atoms with Crippen LogP contribution in [0.15, 0.2) is 22.2 Å². The molecule has 0 saturated carbocycles. The van der Waals surface area contributed by atoms with E-state index in [-0.39, 0.29) is 5.95 Å². The molecule has 12 nitrogen and oxygen atoms in total. The van der Waals surface area contributed by atoms with Crippen LogP contribution in [0, 0.1) is 0 Å². The molecular formula is C24H34BrN5O7S. The van der Waals surface area contributed by atoms with Gasteiger partial charge in [0.2, 0.25) is 11.8 Å². The lowest BCUT2D eigenvalue weighted by molar-refractivity contribution is -0.301. The molecule has 4 rings (SSSR count). The van der Waals surface area contributed by atoms with E-state index < -0.39 is 37.3 Å². The van der Waals surface area contributed by atoms with E-state index in [0.29, 0.717) is 30.3 Å². The number of rotatable bonds is 14. The summed E-state index contributed by atoms with van der Waals surface area (Å²) < 4.78 is 19.7. The summed E-state index contributed by atoms with van der Waals surface area (Å²) >= 11 is 5.03. The van der Waals surface area contributed by atoms with E-state index in [1.165, 1.54) is 0 Å². The Bertz CT molecular complexity index is 1160. The smallest absolute Gasteiger partial charge is 0.247 e. The minimum absolute atomic E-state index is 0.146. The molecule has 0 aromatic carbocycles. The molecule has 0 spiro atoms. The number of thiophene rings is 1. The van der Waals surface area contributed by atoms with Gasteiger partial charge in [0.15, 0.2) is 17.5 Å². The summed E-state index contributed by atoms with van der Waals surface area (Å²) in [7, 11) is 0. The number of aliphatic hydroxyl groups is 4. The van der Waals surface area contributed by atoms with Gasteiger partial charge in [-0.15, -0.1) is 11.3 Å². The lowest BCUT2D eigenvalue weighted by Crippen LogP contribution is -2.59. The zero-order valence-corrected chi connectivity index (χ0v) is 23.3. The van der Waals surface area contributed by atoms with Gasteiger partial charge in [0.05, 0.1) is 12.9 Å². The van der Waals surface area contributed by atoms with Gasteiger partial charge in [-0.3, -0.25) is 0 Å². The highest BCUT2D eigenvalue weighted by atomic mass is 79.9. The number of anilines is 1. The largest absolute Gasteiger partial charge is 0.470 e. The van der Waals surface area contributed by atoms with Crippen molar-refractivity contribution in [1.29, 1.82) is 0 Å². The van der Waals surface area contributed by atoms with E-state index in [0.717, 1.165) is 54.4 Å². The van der Waals surface area contributed by atoms with Crippen molar-refractivity contribution in [2.24, 2.45) is 0 Å². The fraction of sp³-hybridized carbons (Fsp3) is 0.625. The molecule has 4 heterocycles. The molecule has 38 heavy (non-hydrogen) atoms. The molecule has 0 bridgehead atoms. The molecule has 0 amide bonds. The van der Waals surface area contributed by atoms with Crippen LogP contribution < -0.4 is 10.5 Å². The van der Waals surface area contributed by atoms with Crippen molar-refractivity contribution < 1.29 is 34.6 Å². The molecule has 5 atom stereocenters. The monoisotopic (exact) mass is 615 g/mol. The number of hydrogen-bond donors (Lipinski definition) is 5. The minimum atomic E-state index is -1.42. The molecule has 1 aliphatic rings. The SMILES string of the molecule is Nc1nc(OCc2cc(Br)cs2)c2ncn(CCCCCCCCO[C@H]3O[C@@H](CO)[C@H](O)[C@@H](O)[C@@H]3O)c2n1. The molecule has 210 valence electrons. The van der Waals surface area contributed by atoms with Crippen molar-refractivity contribution in [3.8, 4) is 5.88 Å². The molecule has 0 unspecified atom stereocenters. The van der Waals surface area contributed by atoms with Crippen LogP contribution in [-0.4, -0.2) is 83.9 Å². The number of nitrogens with zero attached hydrogens (tertiary/aromatic N) is 4. The van der Waals surface area contributed by atoms with Crippen LogP contribution in [0.4, 0.5) is 5.95 Å². The highest BCUT2D eigenvalue weighted by Crippen LogP contribution is 2.26. The zero-order chi connectivity index (χ0) is 27.1. The van der Waals surface area contributed by atoms with E-state index >= 15 is 0 Å². The third-order valence-electron chi connectivity index (χ3n) is 6.35. The fourth-order valence-electron chi connectivity index (χ4n) is 4.26. The number of nitrogen functional groups attached to an aromatic ring is 1. The summed E-state index contributed by atoms with van der Waals surface area (Å²) in [6.07, 6.45) is 1.31. The molecule has 1 fully saturated rings. The van der Waals surface area contributed by atoms with E-state index in [2.05, 4.69) is 30.9 Å². The normalized spacial score (nSPS) is 23.8. The van der Waals surface area contributed by atoms with Gasteiger partial charge in [0, 0.05) is 27.9 Å². The third-order valence-corrected chi connectivity index (χ3v) is 8.02. The van der Waals surface area contributed by atoms with Crippen LogP contribution in [-0.2, 0) is 22.6 Å². The Morgan fingerprint density at radius 2 is 1.82 bits per heavy atom. The number of aliphatic hydroxyl groups excluding tert-OH is 4. The van der Waals surface area contributed by atoms with E-state index in [1.54, 1.807) is 17.7 Å². The van der Waals surface area contributed by atoms with Gasteiger partial charge in [0.25, 0.3) is 0 Å². The summed E-state index contributed by atoms with van der Waals surface area (Å²) in [5.74, 6) is 0.522. The first-order valence-corrected chi connectivity index (χ1v) is 14.3. The highest BCUT2D eigenvalue weighted by molar-refractivity contribution is 9.10. The number of imidazole rings is 1. The maximum Gasteiger partial charge on any atom is 0.247 e. The number of fused-ring (bicyclic) bond motifs is 1. The molecule has 3 aromatic rings. The second-order valence-electron chi connectivity index (χ2n) is 9.21. The van der Waals surface area contributed by atoms with Crippen LogP contribution in [0.1, 0.15) is 43.4 Å². The summed E-state index contributed by atoms with van der Waals surface area (Å²) in [5, 5.41) is 40.9. The molecule has 3 aromatic heterocycles. The number of halogens is 1. The molecule has 6 N–H and O–H groups in total. The fourth-order valence-corrected chi connectivity index (χ4v) is 5.63. The first-order chi connectivity index (χ1) is 18.4. The Labute approximate surface area is 232 Å². The van der Waals surface area contributed by atoms with Crippen LogP contribution in [0.2, 0.25) is 0 Å². The Morgan fingerprint density at radius 3 is 2.55 bits per heavy atom. The van der Waals surface area contributed by atoms with Gasteiger partial charge in [-0.25, -0.2) is 4.98 Å². The van der Waals surface area contributed by atoms with Crippen LogP contribution in [0.5, 0.6) is 5.88 Å². The maximum atomic E-state index is 10.00. The average Bonchev–Trinajstić information content (AvgIpc) is 3.51. The molecule has 14 heteroatoms. The topological polar surface area (TPSA) is 178 Å². The van der Waals surface area contributed by atoms with Gasteiger partial charge in [-0.1, -0.05) is 25.7 Å². The van der Waals surface area contributed by atoms with Crippen molar-refractivity contribution in [2.75, 3.05) is 18.9 Å². The predicted molar refractivity (Wildman–Crippen MR) is 144 cm³/mol. The predicted octanol–water partition coefficient (Wildman–Crippen LogP) is 1.97. The second-order valence-corrected chi connectivity index (χ2v) is 11.1. The highest BCUT2D eigenvalue weighted by Gasteiger charge is 2.43. The van der Waals surface area contributed by atoms with Gasteiger partial charge in [0.1, 0.15) is 31.0 Å². The summed E-state index contributed by atoms with van der Waals surface area (Å²) in [4.78, 5) is 14.1. The molecule has 1 saturated heterocycles. The molecule has 1 aliphatic heterocycles. The lowest BCUT2D eigenvalue weighted by Gasteiger charge is -2.39. The Morgan fingerprint density at radius 1 is 1.05 bits per heavy atom. The number of aryl methyl sites for hydroxylation is 1. The lowest BCUT2D eigenvalue weighted by atomic mass is 9.99. The van der Waals surface area contributed by atoms with Crippen molar-refractivity contribution in [3.05, 3.63) is 27.1 Å². The van der Waals surface area contributed by atoms with Crippen LogP contribution in [0.3, 0.4) is 0 Å². The summed E-state index contributed by atoms with van der Waals surface area (Å²) in [6, 6.07) is 2.00. The van der Waals surface area contributed by atoms with Crippen LogP contribution >= 0.6 is 27.3 Å². The molecular weight excluding hydrogens is 582 g/mol. The number of hydrogen-bond acceptors (Lipinski definition) is 12. The van der Waals surface area contributed by atoms with Crippen molar-refractivity contribution in [3.63, 3.8) is 0 Å². The Hall–Kier alpha value is -1.91. The van der Waals surface area contributed by atoms with Crippen molar-refractivity contribution in [1.82, 2.24) is 19.5 Å². The van der Waals surface area contributed by atoms with E-state index in [9.17, 15) is 20.4 Å². The van der Waals surface area contributed by atoms with Crippen molar-refractivity contribution in [2.45, 2.75) is 82.4 Å². The summed E-state index contributed by atoms with van der Waals surface area (Å²) in [5.41, 5.74) is 7.18. The third kappa shape index (κ3) is 7.39. The molecule has 0 aliphatic carbocycles. The van der Waals surface area contributed by atoms with Gasteiger partial charge in [-0.05, 0) is 34.8 Å². The molecule has 0 radical (unpaired) electrons.